The first-order chi connectivity index (χ1) is 15.2. The fraction of sp³-hybridized carbons (Fsp3) is 0.450. The Bertz CT molecular complexity index is 1130. The van der Waals surface area contributed by atoms with Crippen LogP contribution < -0.4 is 10.1 Å². The number of rotatable bonds is 7. The highest BCUT2D eigenvalue weighted by Gasteiger charge is 2.54. The number of aliphatic carboxylic acids is 1. The molecule has 0 aromatic heterocycles. The molecule has 1 saturated heterocycles. The van der Waals surface area contributed by atoms with E-state index in [-0.39, 0.29) is 17.9 Å². The third-order valence-corrected chi connectivity index (χ3v) is 8.54. The lowest BCUT2D eigenvalue weighted by atomic mass is 10.0. The van der Waals surface area contributed by atoms with Crippen molar-refractivity contribution in [2.75, 3.05) is 19.0 Å². The molecule has 3 aliphatic heterocycles. The molecule has 10 nitrogen and oxygen atoms in total. The predicted octanol–water partition coefficient (Wildman–Crippen LogP) is 0.787. The Labute approximate surface area is 189 Å². The van der Waals surface area contributed by atoms with Crippen molar-refractivity contribution in [1.29, 1.82) is 0 Å². The number of carbonyl (C=O) groups excluding carboxylic acids is 2. The summed E-state index contributed by atoms with van der Waals surface area (Å²) in [5.74, 6) is -1.70. The lowest BCUT2D eigenvalue weighted by Crippen LogP contribution is -2.70. The van der Waals surface area contributed by atoms with Crippen molar-refractivity contribution in [3.05, 3.63) is 40.6 Å². The Morgan fingerprint density at radius 2 is 2.16 bits per heavy atom. The van der Waals surface area contributed by atoms with Gasteiger partial charge in [-0.15, -0.1) is 11.8 Å². The predicted molar refractivity (Wildman–Crippen MR) is 114 cm³/mol. The van der Waals surface area contributed by atoms with Gasteiger partial charge >= 0.3 is 5.97 Å². The van der Waals surface area contributed by atoms with Crippen LogP contribution >= 0.6 is 11.8 Å². The number of ether oxygens (including phenoxy) is 1. The summed E-state index contributed by atoms with van der Waals surface area (Å²) >= 11 is 1.31. The molecule has 1 fully saturated rings. The van der Waals surface area contributed by atoms with E-state index in [0.717, 1.165) is 10.5 Å². The Morgan fingerprint density at radius 1 is 1.41 bits per heavy atom. The van der Waals surface area contributed by atoms with Gasteiger partial charge in [-0.3, -0.25) is 18.7 Å². The first-order valence-electron chi connectivity index (χ1n) is 9.97. The van der Waals surface area contributed by atoms with Gasteiger partial charge < -0.3 is 15.2 Å². The second kappa shape index (κ2) is 8.41. The second-order valence-corrected chi connectivity index (χ2v) is 10.4. The van der Waals surface area contributed by atoms with Gasteiger partial charge in [-0.25, -0.2) is 4.79 Å². The van der Waals surface area contributed by atoms with Crippen LogP contribution in [-0.2, 0) is 35.1 Å². The minimum atomic E-state index is -4.34. The van der Waals surface area contributed by atoms with Gasteiger partial charge in [-0.1, -0.05) is 12.1 Å². The molecule has 0 bridgehead atoms. The van der Waals surface area contributed by atoms with Crippen LogP contribution in [-0.4, -0.2) is 66.6 Å². The first-order valence-corrected chi connectivity index (χ1v) is 12.5. The molecular formula is C20H22N2O8S2. The number of fused-ring (bicyclic) bond motifs is 2. The van der Waals surface area contributed by atoms with Crippen LogP contribution in [0.25, 0.3) is 0 Å². The number of nitrogens with one attached hydrogen (secondary N) is 1. The van der Waals surface area contributed by atoms with Gasteiger partial charge in [-0.05, 0) is 36.6 Å². The van der Waals surface area contributed by atoms with Crippen LogP contribution in [0.15, 0.2) is 29.5 Å². The summed E-state index contributed by atoms with van der Waals surface area (Å²) in [6.07, 6.45) is 0.588. The number of amides is 2. The second-order valence-electron chi connectivity index (χ2n) is 7.58. The van der Waals surface area contributed by atoms with Crippen LogP contribution in [0.5, 0.6) is 5.75 Å². The summed E-state index contributed by atoms with van der Waals surface area (Å²) in [6, 6.07) is 3.66. The maximum Gasteiger partial charge on any atom is 0.352 e. The Balaban J connectivity index is 1.61. The minimum absolute atomic E-state index is 0.0960. The molecular weight excluding hydrogens is 460 g/mol. The molecule has 172 valence electrons. The zero-order chi connectivity index (χ0) is 23.2. The Hall–Kier alpha value is -2.57. The lowest BCUT2D eigenvalue weighted by Gasteiger charge is -2.49. The van der Waals surface area contributed by atoms with E-state index in [1.54, 1.807) is 19.1 Å². The van der Waals surface area contributed by atoms with Gasteiger partial charge in [0.2, 0.25) is 5.91 Å². The lowest BCUT2D eigenvalue weighted by molar-refractivity contribution is -0.150. The Morgan fingerprint density at radius 3 is 2.84 bits per heavy atom. The number of benzene rings is 1. The third kappa shape index (κ3) is 3.76. The summed E-state index contributed by atoms with van der Waals surface area (Å²) in [6.45, 7) is 3.45. The van der Waals surface area contributed by atoms with Crippen molar-refractivity contribution in [3.8, 4) is 5.75 Å². The first kappa shape index (κ1) is 22.6. The molecule has 2 amide bonds. The van der Waals surface area contributed by atoms with E-state index in [4.69, 9.17) is 8.92 Å². The summed E-state index contributed by atoms with van der Waals surface area (Å²) in [4.78, 5) is 38.5. The highest BCUT2D eigenvalue weighted by Crippen LogP contribution is 2.40. The molecule has 12 heteroatoms. The van der Waals surface area contributed by atoms with E-state index in [9.17, 15) is 27.9 Å². The largest absolute Gasteiger partial charge is 0.493 e. The third-order valence-electron chi connectivity index (χ3n) is 5.48. The van der Waals surface area contributed by atoms with E-state index in [2.05, 4.69) is 5.32 Å². The Kier molecular flexibility index (Phi) is 5.94. The van der Waals surface area contributed by atoms with Crippen molar-refractivity contribution in [1.82, 2.24) is 10.2 Å². The molecule has 32 heavy (non-hydrogen) atoms. The molecule has 3 unspecified atom stereocenters. The number of carboxylic acid groups (broad SMARTS) is 1. The van der Waals surface area contributed by atoms with Crippen LogP contribution in [0.2, 0.25) is 0 Å². The smallest absolute Gasteiger partial charge is 0.352 e. The number of carbonyl (C=O) groups is 3. The van der Waals surface area contributed by atoms with Crippen molar-refractivity contribution < 1.29 is 36.8 Å². The van der Waals surface area contributed by atoms with Gasteiger partial charge in [0.1, 0.15) is 22.9 Å². The number of β-lactam (4-membered cyclic amide) rings is 1. The highest BCUT2D eigenvalue weighted by atomic mass is 32.2. The average Bonchev–Trinajstić information content (AvgIpc) is 3.19. The molecule has 3 heterocycles. The maximum absolute atomic E-state index is 13.2. The van der Waals surface area contributed by atoms with Crippen molar-refractivity contribution >= 4 is 39.7 Å². The molecule has 3 aliphatic rings. The van der Waals surface area contributed by atoms with E-state index in [0.29, 0.717) is 30.1 Å². The van der Waals surface area contributed by atoms with Crippen LogP contribution in [0.4, 0.5) is 0 Å². The van der Waals surface area contributed by atoms with E-state index >= 15 is 0 Å². The molecule has 1 aromatic rings. The molecule has 0 radical (unpaired) electrons. The molecule has 1 aromatic carbocycles. The molecule has 2 N–H and O–H groups in total. The van der Waals surface area contributed by atoms with E-state index in [1.165, 1.54) is 24.8 Å². The fourth-order valence-corrected chi connectivity index (χ4v) is 6.62. The van der Waals surface area contributed by atoms with Gasteiger partial charge in [0, 0.05) is 12.2 Å². The minimum Gasteiger partial charge on any atom is -0.493 e. The maximum atomic E-state index is 13.2. The number of hydrogen-bond donors (Lipinski definition) is 2. The summed E-state index contributed by atoms with van der Waals surface area (Å²) in [5, 5.41) is 9.65. The summed E-state index contributed by atoms with van der Waals surface area (Å²) in [5.41, 5.74) is 1.45. The molecule has 0 saturated carbocycles. The monoisotopic (exact) mass is 482 g/mol. The molecule has 0 aliphatic carbocycles. The van der Waals surface area contributed by atoms with Gasteiger partial charge in [0.25, 0.3) is 16.0 Å². The number of hydrogen-bond acceptors (Lipinski definition) is 8. The fourth-order valence-electron chi connectivity index (χ4n) is 4.06. The van der Waals surface area contributed by atoms with Crippen LogP contribution in [0.3, 0.4) is 0 Å². The molecule has 0 spiro atoms. The van der Waals surface area contributed by atoms with E-state index in [1.807, 2.05) is 0 Å². The zero-order valence-electron chi connectivity index (χ0n) is 17.4. The standard InChI is InChI=1S/C20H22N2O8S2/c1-3-30-32(27,28)16(12-4-5-13-11(8-12)6-7-29-13)17(23)21-14-18(24)22-15(20(25)26)10(2)9-31-19(14)22/h4-5,8,14,16,19H,3,6-7,9H2,1-2H3,(H,21,23)(H,25,26). The zero-order valence-corrected chi connectivity index (χ0v) is 19.0. The normalized spacial score (nSPS) is 23.1. The van der Waals surface area contributed by atoms with Gasteiger partial charge in [0.15, 0.2) is 5.25 Å². The number of thioether (sulfide) groups is 1. The van der Waals surface area contributed by atoms with Crippen molar-refractivity contribution in [2.45, 2.75) is 36.9 Å². The molecule has 4 rings (SSSR count). The van der Waals surface area contributed by atoms with Crippen molar-refractivity contribution in [2.24, 2.45) is 0 Å². The highest BCUT2D eigenvalue weighted by molar-refractivity contribution is 8.00. The summed E-state index contributed by atoms with van der Waals surface area (Å²) in [7, 11) is -4.34. The summed E-state index contributed by atoms with van der Waals surface area (Å²) < 4.78 is 36.0. The number of carboxylic acids is 1. The average molecular weight is 483 g/mol. The quantitative estimate of drug-likeness (QED) is 0.426. The van der Waals surface area contributed by atoms with Gasteiger partial charge in [-0.2, -0.15) is 8.42 Å². The van der Waals surface area contributed by atoms with Crippen molar-refractivity contribution in [3.63, 3.8) is 0 Å². The van der Waals surface area contributed by atoms with Crippen LogP contribution in [0, 0.1) is 0 Å². The van der Waals surface area contributed by atoms with Gasteiger partial charge in [0.05, 0.1) is 13.2 Å². The SMILES string of the molecule is CCOS(=O)(=O)C(C(=O)NC1C(=O)N2C(C(=O)O)=C(C)CSC12)c1ccc2c(c1)CCO2. The van der Waals surface area contributed by atoms with Crippen LogP contribution in [0.1, 0.15) is 30.2 Å². The van der Waals surface area contributed by atoms with E-state index < -0.39 is 44.6 Å². The molecule has 3 atom stereocenters. The topological polar surface area (TPSA) is 139 Å². The number of nitrogens with zero attached hydrogens (tertiary/aromatic N) is 1.